The molecule has 1 amide bonds. The minimum Gasteiger partial charge on any atom is -0.491 e. The molecule has 1 N–H and O–H groups in total. The van der Waals surface area contributed by atoms with Gasteiger partial charge in [0.15, 0.2) is 11.6 Å². The molecule has 21 heavy (non-hydrogen) atoms. The Kier molecular flexibility index (Phi) is 4.52. The zero-order chi connectivity index (χ0) is 15.2. The minimum absolute atomic E-state index is 0.118. The Morgan fingerprint density at radius 2 is 2.00 bits per heavy atom. The van der Waals surface area contributed by atoms with Crippen LogP contribution >= 0.6 is 0 Å². The summed E-state index contributed by atoms with van der Waals surface area (Å²) in [4.78, 5) is 12.0. The molecule has 0 aromatic heterocycles. The van der Waals surface area contributed by atoms with Crippen molar-refractivity contribution >= 4 is 11.6 Å². The summed E-state index contributed by atoms with van der Waals surface area (Å²) in [6.07, 6.45) is 0. The van der Waals surface area contributed by atoms with Crippen LogP contribution in [0.2, 0.25) is 0 Å². The van der Waals surface area contributed by atoms with Crippen molar-refractivity contribution in [3.8, 4) is 11.8 Å². The number of amides is 1. The number of anilines is 1. The highest BCUT2D eigenvalue weighted by Crippen LogP contribution is 2.19. The van der Waals surface area contributed by atoms with Gasteiger partial charge in [-0.2, -0.15) is 5.26 Å². The summed E-state index contributed by atoms with van der Waals surface area (Å²) in [6, 6.07) is 12.4. The maximum Gasteiger partial charge on any atom is 0.255 e. The van der Waals surface area contributed by atoms with Gasteiger partial charge in [0.1, 0.15) is 0 Å². The Bertz CT molecular complexity index is 690. The molecular formula is C16H13FN2O2. The molecule has 0 saturated heterocycles. The molecule has 0 aliphatic rings. The number of ether oxygens (including phenoxy) is 1. The van der Waals surface area contributed by atoms with E-state index in [9.17, 15) is 9.18 Å². The van der Waals surface area contributed by atoms with Crippen LogP contribution in [0.4, 0.5) is 10.1 Å². The molecule has 0 fully saturated rings. The molecule has 0 heterocycles. The monoisotopic (exact) mass is 284 g/mol. The van der Waals surface area contributed by atoms with E-state index in [1.807, 2.05) is 6.07 Å². The first kappa shape index (κ1) is 14.5. The first-order chi connectivity index (χ1) is 10.1. The van der Waals surface area contributed by atoms with E-state index in [2.05, 4.69) is 5.32 Å². The van der Waals surface area contributed by atoms with Crippen molar-refractivity contribution in [3.63, 3.8) is 0 Å². The summed E-state index contributed by atoms with van der Waals surface area (Å²) in [5.74, 6) is -0.890. The molecule has 0 atom stereocenters. The third-order valence-corrected chi connectivity index (χ3v) is 2.77. The normalized spacial score (nSPS) is 9.76. The fourth-order valence-electron chi connectivity index (χ4n) is 1.75. The van der Waals surface area contributed by atoms with Crippen LogP contribution in [0.5, 0.6) is 5.75 Å². The van der Waals surface area contributed by atoms with Gasteiger partial charge in [0.05, 0.1) is 18.2 Å². The number of nitrogens with one attached hydrogen (secondary N) is 1. The molecule has 2 aromatic carbocycles. The summed E-state index contributed by atoms with van der Waals surface area (Å²) >= 11 is 0. The highest BCUT2D eigenvalue weighted by molar-refractivity contribution is 6.04. The Morgan fingerprint density at radius 1 is 1.29 bits per heavy atom. The number of benzene rings is 2. The Morgan fingerprint density at radius 3 is 2.57 bits per heavy atom. The molecule has 0 radical (unpaired) electrons. The number of rotatable bonds is 4. The van der Waals surface area contributed by atoms with E-state index in [4.69, 9.17) is 10.00 Å². The van der Waals surface area contributed by atoms with Gasteiger partial charge in [-0.3, -0.25) is 4.79 Å². The molecule has 5 heteroatoms. The zero-order valence-corrected chi connectivity index (χ0v) is 11.4. The van der Waals surface area contributed by atoms with Crippen molar-refractivity contribution in [2.75, 3.05) is 11.9 Å². The molecule has 0 spiro atoms. The Hall–Kier alpha value is -2.87. The summed E-state index contributed by atoms with van der Waals surface area (Å²) in [7, 11) is 0. The van der Waals surface area contributed by atoms with E-state index in [0.29, 0.717) is 17.9 Å². The van der Waals surface area contributed by atoms with Gasteiger partial charge in [-0.05, 0) is 49.4 Å². The minimum atomic E-state index is -0.579. The summed E-state index contributed by atoms with van der Waals surface area (Å²) in [5, 5.41) is 11.3. The average molecular weight is 284 g/mol. The third-order valence-electron chi connectivity index (χ3n) is 2.77. The lowest BCUT2D eigenvalue weighted by Gasteiger charge is -2.08. The largest absolute Gasteiger partial charge is 0.491 e. The van der Waals surface area contributed by atoms with Gasteiger partial charge in [0.2, 0.25) is 0 Å². The van der Waals surface area contributed by atoms with Crippen LogP contribution in [0.1, 0.15) is 22.8 Å². The van der Waals surface area contributed by atoms with E-state index >= 15 is 0 Å². The number of nitrogens with zero attached hydrogens (tertiary/aromatic N) is 1. The average Bonchev–Trinajstić information content (AvgIpc) is 2.50. The van der Waals surface area contributed by atoms with Gasteiger partial charge >= 0.3 is 0 Å². The molecule has 0 unspecified atom stereocenters. The molecule has 0 bridgehead atoms. The van der Waals surface area contributed by atoms with Crippen molar-refractivity contribution in [3.05, 3.63) is 59.4 Å². The second-order valence-electron chi connectivity index (χ2n) is 4.22. The predicted molar refractivity (Wildman–Crippen MR) is 76.7 cm³/mol. The molecule has 0 saturated carbocycles. The number of nitriles is 1. The molecule has 4 nitrogen and oxygen atoms in total. The van der Waals surface area contributed by atoms with E-state index in [-0.39, 0.29) is 11.3 Å². The van der Waals surface area contributed by atoms with E-state index in [1.165, 1.54) is 12.1 Å². The molecule has 106 valence electrons. The van der Waals surface area contributed by atoms with E-state index in [1.54, 1.807) is 31.2 Å². The lowest BCUT2D eigenvalue weighted by molar-refractivity contribution is 0.102. The smallest absolute Gasteiger partial charge is 0.255 e. The molecule has 0 aliphatic heterocycles. The fraction of sp³-hybridized carbons (Fsp3) is 0.125. The van der Waals surface area contributed by atoms with Gasteiger partial charge in [-0.15, -0.1) is 0 Å². The van der Waals surface area contributed by atoms with E-state index in [0.717, 1.165) is 6.07 Å². The summed E-state index contributed by atoms with van der Waals surface area (Å²) < 4.78 is 18.8. The van der Waals surface area contributed by atoms with Crippen LogP contribution in [-0.4, -0.2) is 12.5 Å². The zero-order valence-electron chi connectivity index (χ0n) is 11.4. The van der Waals surface area contributed by atoms with Crippen LogP contribution < -0.4 is 10.1 Å². The SMILES string of the molecule is CCOc1ccc(C(=O)Nc2ccc(C#N)cc2)cc1F. The topological polar surface area (TPSA) is 62.1 Å². The first-order valence-corrected chi connectivity index (χ1v) is 6.38. The first-order valence-electron chi connectivity index (χ1n) is 6.38. The lowest BCUT2D eigenvalue weighted by atomic mass is 10.1. The van der Waals surface area contributed by atoms with Gasteiger partial charge < -0.3 is 10.1 Å². The maximum absolute atomic E-state index is 13.7. The van der Waals surface area contributed by atoms with E-state index < -0.39 is 11.7 Å². The molecule has 2 aromatic rings. The maximum atomic E-state index is 13.7. The second-order valence-corrected chi connectivity index (χ2v) is 4.22. The van der Waals surface area contributed by atoms with Gasteiger partial charge in [0, 0.05) is 11.3 Å². The fourth-order valence-corrected chi connectivity index (χ4v) is 1.75. The molecular weight excluding hydrogens is 271 g/mol. The number of carbonyl (C=O) groups is 1. The lowest BCUT2D eigenvalue weighted by Crippen LogP contribution is -2.12. The number of halogens is 1. The van der Waals surface area contributed by atoms with Crippen molar-refractivity contribution in [1.82, 2.24) is 0 Å². The van der Waals surface area contributed by atoms with Crippen molar-refractivity contribution in [1.29, 1.82) is 5.26 Å². The number of hydrogen-bond acceptors (Lipinski definition) is 3. The summed E-state index contributed by atoms with van der Waals surface area (Å²) in [5.41, 5.74) is 1.23. The molecule has 0 aliphatic carbocycles. The number of hydrogen-bond donors (Lipinski definition) is 1. The van der Waals surface area contributed by atoms with Gasteiger partial charge in [-0.25, -0.2) is 4.39 Å². The highest BCUT2D eigenvalue weighted by atomic mass is 19.1. The molecule has 2 rings (SSSR count). The van der Waals surface area contributed by atoms with Gasteiger partial charge in [-0.1, -0.05) is 0 Å². The Balaban J connectivity index is 2.12. The number of carbonyl (C=O) groups excluding carboxylic acids is 1. The van der Waals surface area contributed by atoms with Crippen LogP contribution in [0.15, 0.2) is 42.5 Å². The highest BCUT2D eigenvalue weighted by Gasteiger charge is 2.10. The van der Waals surface area contributed by atoms with Crippen molar-refractivity contribution in [2.45, 2.75) is 6.92 Å². The van der Waals surface area contributed by atoms with Crippen LogP contribution in [0.3, 0.4) is 0 Å². The predicted octanol–water partition coefficient (Wildman–Crippen LogP) is 3.35. The van der Waals surface area contributed by atoms with Crippen LogP contribution in [0.25, 0.3) is 0 Å². The quantitative estimate of drug-likeness (QED) is 0.936. The Labute approximate surface area is 121 Å². The van der Waals surface area contributed by atoms with Crippen molar-refractivity contribution in [2.24, 2.45) is 0 Å². The van der Waals surface area contributed by atoms with Gasteiger partial charge in [0.25, 0.3) is 5.91 Å². The standard InChI is InChI=1S/C16H13FN2O2/c1-2-21-15-8-5-12(9-14(15)17)16(20)19-13-6-3-11(10-18)4-7-13/h3-9H,2H2,1H3,(H,19,20). The third kappa shape index (κ3) is 3.57. The summed E-state index contributed by atoms with van der Waals surface area (Å²) in [6.45, 7) is 2.11. The van der Waals surface area contributed by atoms with Crippen LogP contribution in [0, 0.1) is 17.1 Å². The van der Waals surface area contributed by atoms with Crippen molar-refractivity contribution < 1.29 is 13.9 Å². The van der Waals surface area contributed by atoms with Crippen LogP contribution in [-0.2, 0) is 0 Å². The second kappa shape index (κ2) is 6.53.